The molecular weight excluding hydrogens is 392 g/mol. The summed E-state index contributed by atoms with van der Waals surface area (Å²) in [6, 6.07) is 25.6. The van der Waals surface area contributed by atoms with Gasteiger partial charge in [-0.1, -0.05) is 30.3 Å². The first kappa shape index (κ1) is 19.9. The van der Waals surface area contributed by atoms with Crippen LogP contribution in [0.5, 0.6) is 11.5 Å². The highest BCUT2D eigenvalue weighted by Crippen LogP contribution is 2.22. The predicted octanol–water partition coefficient (Wildman–Crippen LogP) is 4.13. The molecule has 31 heavy (non-hydrogen) atoms. The van der Waals surface area contributed by atoms with Crippen LogP contribution in [0.2, 0.25) is 0 Å². The van der Waals surface area contributed by atoms with Gasteiger partial charge in [0.1, 0.15) is 23.8 Å². The van der Waals surface area contributed by atoms with Crippen LogP contribution in [0.25, 0.3) is 11.3 Å². The number of H-pyrrole nitrogens is 1. The lowest BCUT2D eigenvalue weighted by molar-refractivity contribution is 0.0950. The van der Waals surface area contributed by atoms with E-state index in [1.54, 1.807) is 30.3 Å². The Morgan fingerprint density at radius 1 is 1.03 bits per heavy atom. The maximum atomic E-state index is 12.3. The lowest BCUT2D eigenvalue weighted by Gasteiger charge is -2.06. The standard InChI is InChI=1S/C24H20N4O3/c29-20-10-6-17(7-11-20)15-25-28-24(30)23-14-22(26-27-23)19-8-12-21(13-9-19)31-16-18-4-2-1-3-5-18/h1-15,29H,16H2,(H,26,27)(H,28,30)/b25-15-. The molecule has 1 amide bonds. The molecular formula is C24H20N4O3. The van der Waals surface area contributed by atoms with Gasteiger partial charge in [-0.3, -0.25) is 9.89 Å². The van der Waals surface area contributed by atoms with Gasteiger partial charge in [0.25, 0.3) is 5.91 Å². The number of rotatable bonds is 7. The number of nitrogens with one attached hydrogen (secondary N) is 2. The molecule has 7 heteroatoms. The van der Waals surface area contributed by atoms with Crippen molar-refractivity contribution in [3.8, 4) is 22.8 Å². The Labute approximate surface area is 179 Å². The Balaban J connectivity index is 1.34. The van der Waals surface area contributed by atoms with Crippen LogP contribution in [0.1, 0.15) is 21.6 Å². The summed E-state index contributed by atoms with van der Waals surface area (Å²) in [5.41, 5.74) is 6.08. The molecule has 4 aromatic rings. The molecule has 4 rings (SSSR count). The third-order valence-electron chi connectivity index (χ3n) is 4.49. The number of aromatic hydroxyl groups is 1. The van der Waals surface area contributed by atoms with E-state index in [1.165, 1.54) is 6.21 Å². The minimum absolute atomic E-state index is 0.168. The van der Waals surface area contributed by atoms with Crippen molar-refractivity contribution in [2.24, 2.45) is 5.10 Å². The summed E-state index contributed by atoms with van der Waals surface area (Å²) in [7, 11) is 0. The second-order valence-electron chi connectivity index (χ2n) is 6.76. The van der Waals surface area contributed by atoms with Gasteiger partial charge in [0.2, 0.25) is 0 Å². The van der Waals surface area contributed by atoms with Crippen molar-refractivity contribution < 1.29 is 14.6 Å². The molecule has 154 valence electrons. The molecule has 0 bridgehead atoms. The minimum Gasteiger partial charge on any atom is -0.508 e. The summed E-state index contributed by atoms with van der Waals surface area (Å²) in [5, 5.41) is 20.1. The lowest BCUT2D eigenvalue weighted by atomic mass is 10.1. The summed E-state index contributed by atoms with van der Waals surface area (Å²) >= 11 is 0. The van der Waals surface area contributed by atoms with E-state index in [2.05, 4.69) is 20.7 Å². The largest absolute Gasteiger partial charge is 0.508 e. The second kappa shape index (κ2) is 9.41. The van der Waals surface area contributed by atoms with Crippen LogP contribution in [-0.4, -0.2) is 27.4 Å². The second-order valence-corrected chi connectivity index (χ2v) is 6.76. The average molecular weight is 412 g/mol. The zero-order valence-corrected chi connectivity index (χ0v) is 16.5. The molecule has 3 N–H and O–H groups in total. The first-order chi connectivity index (χ1) is 15.2. The SMILES string of the molecule is O=C(N/N=C\c1ccc(O)cc1)c1cc(-c2ccc(OCc3ccccc3)cc2)n[nH]1. The fourth-order valence-electron chi connectivity index (χ4n) is 2.83. The first-order valence-electron chi connectivity index (χ1n) is 9.62. The minimum atomic E-state index is -0.406. The van der Waals surface area contributed by atoms with Crippen molar-refractivity contribution in [1.29, 1.82) is 0 Å². The van der Waals surface area contributed by atoms with Gasteiger partial charge in [-0.25, -0.2) is 5.43 Å². The van der Waals surface area contributed by atoms with Crippen LogP contribution in [0, 0.1) is 0 Å². The smallest absolute Gasteiger partial charge is 0.289 e. The zero-order valence-electron chi connectivity index (χ0n) is 16.5. The molecule has 0 radical (unpaired) electrons. The Bertz CT molecular complexity index is 1170. The van der Waals surface area contributed by atoms with Crippen LogP contribution >= 0.6 is 0 Å². The molecule has 0 atom stereocenters. The van der Waals surface area contributed by atoms with Gasteiger partial charge in [-0.05, 0) is 65.7 Å². The Morgan fingerprint density at radius 3 is 2.52 bits per heavy atom. The average Bonchev–Trinajstić information content (AvgIpc) is 3.30. The highest BCUT2D eigenvalue weighted by Gasteiger charge is 2.10. The Morgan fingerprint density at radius 2 is 1.77 bits per heavy atom. The Kier molecular flexibility index (Phi) is 6.04. The number of hydrazone groups is 1. The van der Waals surface area contributed by atoms with Crippen LogP contribution in [0.15, 0.2) is 90.0 Å². The number of hydrogen-bond acceptors (Lipinski definition) is 5. The molecule has 0 aliphatic heterocycles. The number of ether oxygens (including phenoxy) is 1. The van der Waals surface area contributed by atoms with Gasteiger partial charge in [0, 0.05) is 5.56 Å². The molecule has 0 fully saturated rings. The van der Waals surface area contributed by atoms with E-state index in [0.717, 1.165) is 22.4 Å². The van der Waals surface area contributed by atoms with E-state index in [1.807, 2.05) is 54.6 Å². The van der Waals surface area contributed by atoms with Crippen molar-refractivity contribution in [3.63, 3.8) is 0 Å². The van der Waals surface area contributed by atoms with Crippen molar-refractivity contribution in [3.05, 3.63) is 102 Å². The molecule has 0 aliphatic carbocycles. The number of phenolic OH excluding ortho intramolecular Hbond substituents is 1. The van der Waals surface area contributed by atoms with Gasteiger partial charge in [0.05, 0.1) is 11.9 Å². The number of benzene rings is 3. The zero-order chi connectivity index (χ0) is 21.5. The quantitative estimate of drug-likeness (QED) is 0.314. The van der Waals surface area contributed by atoms with Crippen LogP contribution < -0.4 is 10.2 Å². The van der Waals surface area contributed by atoms with Gasteiger partial charge in [-0.2, -0.15) is 10.2 Å². The van der Waals surface area contributed by atoms with Crippen LogP contribution in [0.4, 0.5) is 0 Å². The van der Waals surface area contributed by atoms with Crippen molar-refractivity contribution >= 4 is 12.1 Å². The molecule has 0 saturated carbocycles. The first-order valence-corrected chi connectivity index (χ1v) is 9.62. The van der Waals surface area contributed by atoms with E-state index in [4.69, 9.17) is 4.74 Å². The highest BCUT2D eigenvalue weighted by molar-refractivity contribution is 5.94. The van der Waals surface area contributed by atoms with E-state index >= 15 is 0 Å². The summed E-state index contributed by atoms with van der Waals surface area (Å²) in [6.07, 6.45) is 1.49. The molecule has 0 unspecified atom stereocenters. The molecule has 1 aromatic heterocycles. The number of aromatic nitrogens is 2. The maximum absolute atomic E-state index is 12.3. The van der Waals surface area contributed by atoms with Crippen molar-refractivity contribution in [2.75, 3.05) is 0 Å². The van der Waals surface area contributed by atoms with E-state index in [0.29, 0.717) is 18.0 Å². The van der Waals surface area contributed by atoms with Gasteiger partial charge >= 0.3 is 0 Å². The van der Waals surface area contributed by atoms with Gasteiger partial charge in [-0.15, -0.1) is 0 Å². The number of amides is 1. The van der Waals surface area contributed by atoms with E-state index in [9.17, 15) is 9.90 Å². The summed E-state index contributed by atoms with van der Waals surface area (Å²) in [5.74, 6) is 0.517. The fourth-order valence-corrected chi connectivity index (χ4v) is 2.83. The summed E-state index contributed by atoms with van der Waals surface area (Å²) in [6.45, 7) is 0.498. The van der Waals surface area contributed by atoms with Crippen molar-refractivity contribution in [2.45, 2.75) is 6.61 Å². The Hall–Kier alpha value is -4.39. The molecule has 3 aromatic carbocycles. The molecule has 0 saturated heterocycles. The third-order valence-corrected chi connectivity index (χ3v) is 4.49. The summed E-state index contributed by atoms with van der Waals surface area (Å²) < 4.78 is 5.79. The maximum Gasteiger partial charge on any atom is 0.289 e. The van der Waals surface area contributed by atoms with Gasteiger partial charge in [0.15, 0.2) is 0 Å². The fraction of sp³-hybridized carbons (Fsp3) is 0.0417. The molecule has 0 aliphatic rings. The lowest BCUT2D eigenvalue weighted by Crippen LogP contribution is -2.17. The van der Waals surface area contributed by atoms with E-state index in [-0.39, 0.29) is 5.75 Å². The number of carbonyl (C=O) groups excluding carboxylic acids is 1. The van der Waals surface area contributed by atoms with Crippen molar-refractivity contribution in [1.82, 2.24) is 15.6 Å². The molecule has 1 heterocycles. The number of aromatic amines is 1. The third kappa shape index (κ3) is 5.36. The monoisotopic (exact) mass is 412 g/mol. The number of nitrogens with zero attached hydrogens (tertiary/aromatic N) is 2. The van der Waals surface area contributed by atoms with Crippen LogP contribution in [0.3, 0.4) is 0 Å². The number of hydrogen-bond donors (Lipinski definition) is 3. The highest BCUT2D eigenvalue weighted by atomic mass is 16.5. The van der Waals surface area contributed by atoms with Gasteiger partial charge < -0.3 is 9.84 Å². The molecule has 7 nitrogen and oxygen atoms in total. The number of phenols is 1. The van der Waals surface area contributed by atoms with E-state index < -0.39 is 5.91 Å². The number of carbonyl (C=O) groups is 1. The molecule has 0 spiro atoms. The summed E-state index contributed by atoms with van der Waals surface area (Å²) in [4.78, 5) is 12.3. The normalized spacial score (nSPS) is 10.8. The predicted molar refractivity (Wildman–Crippen MR) is 118 cm³/mol. The van der Waals surface area contributed by atoms with Crippen LogP contribution in [-0.2, 0) is 6.61 Å². The topological polar surface area (TPSA) is 99.6 Å².